The zero-order valence-electron chi connectivity index (χ0n) is 7.71. The quantitative estimate of drug-likeness (QED) is 0.613. The van der Waals surface area contributed by atoms with Gasteiger partial charge in [0.2, 0.25) is 0 Å². The molecular weight excluding hydrogens is 198 g/mol. The van der Waals surface area contributed by atoms with Gasteiger partial charge in [-0.2, -0.15) is 0 Å². The lowest BCUT2D eigenvalue weighted by Crippen LogP contribution is -2.32. The van der Waals surface area contributed by atoms with E-state index in [0.29, 0.717) is 17.0 Å². The lowest BCUT2D eigenvalue weighted by Gasteiger charge is -2.01. The van der Waals surface area contributed by atoms with Gasteiger partial charge >= 0.3 is 5.97 Å². The van der Waals surface area contributed by atoms with Crippen LogP contribution in [0, 0.1) is 0 Å². The minimum Gasteiger partial charge on any atom is -0.480 e. The molecule has 2 aromatic heterocycles. The van der Waals surface area contributed by atoms with Crippen LogP contribution >= 0.6 is 0 Å². The molecule has 1 unspecified atom stereocenters. The van der Waals surface area contributed by atoms with Gasteiger partial charge in [0, 0.05) is 6.42 Å². The number of nitrogens with zero attached hydrogens (tertiary/aromatic N) is 3. The maximum absolute atomic E-state index is 10.5. The van der Waals surface area contributed by atoms with Crippen LogP contribution in [0.25, 0.3) is 11.2 Å². The highest BCUT2D eigenvalue weighted by Crippen LogP contribution is 2.07. The summed E-state index contributed by atoms with van der Waals surface area (Å²) in [4.78, 5) is 25.2. The summed E-state index contributed by atoms with van der Waals surface area (Å²) in [7, 11) is 0. The number of fused-ring (bicyclic) bond motifs is 1. The molecule has 0 bridgehead atoms. The number of carboxylic acids is 1. The predicted octanol–water partition coefficient (Wildman–Crippen LogP) is -0.693. The number of H-pyrrole nitrogens is 1. The van der Waals surface area contributed by atoms with Crippen molar-refractivity contribution in [3.05, 3.63) is 18.3 Å². The van der Waals surface area contributed by atoms with E-state index in [2.05, 4.69) is 19.9 Å². The molecule has 0 aliphatic carbocycles. The maximum Gasteiger partial charge on any atom is 0.320 e. The average Bonchev–Trinajstić information content (AvgIpc) is 2.59. The van der Waals surface area contributed by atoms with Crippen LogP contribution in [0.2, 0.25) is 0 Å². The Bertz CT molecular complexity index is 461. The van der Waals surface area contributed by atoms with Gasteiger partial charge in [0.15, 0.2) is 5.65 Å². The highest BCUT2D eigenvalue weighted by atomic mass is 16.4. The van der Waals surface area contributed by atoms with E-state index in [0.717, 1.165) is 0 Å². The number of hydrogen-bond donors (Lipinski definition) is 3. The van der Waals surface area contributed by atoms with Crippen molar-refractivity contribution in [2.24, 2.45) is 5.73 Å². The summed E-state index contributed by atoms with van der Waals surface area (Å²) in [6, 6.07) is -0.960. The van der Waals surface area contributed by atoms with Gasteiger partial charge in [-0.05, 0) is 0 Å². The summed E-state index contributed by atoms with van der Waals surface area (Å²) in [5, 5.41) is 8.62. The lowest BCUT2D eigenvalue weighted by molar-refractivity contribution is -0.138. The third-order valence-electron chi connectivity index (χ3n) is 1.94. The van der Waals surface area contributed by atoms with Gasteiger partial charge in [-0.25, -0.2) is 15.0 Å². The Morgan fingerprint density at radius 1 is 1.67 bits per heavy atom. The number of nitrogens with one attached hydrogen (secondary N) is 1. The van der Waals surface area contributed by atoms with Crippen LogP contribution in [0.4, 0.5) is 0 Å². The fourth-order valence-electron chi connectivity index (χ4n) is 1.20. The molecule has 2 aromatic rings. The van der Waals surface area contributed by atoms with Crippen LogP contribution in [-0.2, 0) is 11.2 Å². The third-order valence-corrected chi connectivity index (χ3v) is 1.94. The normalized spacial score (nSPS) is 12.9. The fraction of sp³-hybridized carbons (Fsp3) is 0.250. The molecule has 78 valence electrons. The summed E-state index contributed by atoms with van der Waals surface area (Å²) >= 11 is 0. The predicted molar refractivity (Wildman–Crippen MR) is 51.0 cm³/mol. The minimum absolute atomic E-state index is 0.145. The second-order valence-electron chi connectivity index (χ2n) is 3.09. The van der Waals surface area contributed by atoms with Gasteiger partial charge in [0.1, 0.15) is 23.7 Å². The summed E-state index contributed by atoms with van der Waals surface area (Å²) in [5.74, 6) is -0.554. The van der Waals surface area contributed by atoms with E-state index in [1.807, 2.05) is 0 Å². The standard InChI is InChI=1S/C8H9N5O2/c9-4(8(14)15)1-6-12-5-2-10-3-11-7(5)13-6/h2-4H,1,9H2,(H,14,15)(H,10,11,12,13). The monoisotopic (exact) mass is 207 g/mol. The zero-order chi connectivity index (χ0) is 10.8. The number of aromatic nitrogens is 4. The Kier molecular flexibility index (Phi) is 2.30. The van der Waals surface area contributed by atoms with Crippen molar-refractivity contribution < 1.29 is 9.90 Å². The van der Waals surface area contributed by atoms with Crippen LogP contribution in [-0.4, -0.2) is 37.1 Å². The molecule has 2 heterocycles. The number of aromatic amines is 1. The first-order valence-corrected chi connectivity index (χ1v) is 4.30. The number of carbonyl (C=O) groups is 1. The van der Waals surface area contributed by atoms with Crippen LogP contribution in [0.15, 0.2) is 12.5 Å². The minimum atomic E-state index is -1.05. The SMILES string of the molecule is NC(Cc1nc2ncncc2[nH]1)C(=O)O. The van der Waals surface area contributed by atoms with Crippen LogP contribution < -0.4 is 5.73 Å². The van der Waals surface area contributed by atoms with Gasteiger partial charge in [-0.1, -0.05) is 0 Å². The summed E-state index contributed by atoms with van der Waals surface area (Å²) < 4.78 is 0. The first-order chi connectivity index (χ1) is 7.16. The highest BCUT2D eigenvalue weighted by Gasteiger charge is 2.14. The van der Waals surface area contributed by atoms with E-state index >= 15 is 0 Å². The molecule has 0 aliphatic heterocycles. The second kappa shape index (κ2) is 3.62. The van der Waals surface area contributed by atoms with Crippen LogP contribution in [0.3, 0.4) is 0 Å². The fourth-order valence-corrected chi connectivity index (χ4v) is 1.20. The Balaban J connectivity index is 2.26. The van der Waals surface area contributed by atoms with E-state index in [1.54, 1.807) is 6.20 Å². The van der Waals surface area contributed by atoms with Gasteiger partial charge in [-0.15, -0.1) is 0 Å². The maximum atomic E-state index is 10.5. The van der Waals surface area contributed by atoms with Gasteiger partial charge in [0.25, 0.3) is 0 Å². The number of aliphatic carboxylic acids is 1. The first-order valence-electron chi connectivity index (χ1n) is 4.30. The molecule has 0 aliphatic rings. The van der Waals surface area contributed by atoms with Gasteiger partial charge < -0.3 is 15.8 Å². The summed E-state index contributed by atoms with van der Waals surface area (Å²) in [5.41, 5.74) is 6.56. The lowest BCUT2D eigenvalue weighted by atomic mass is 10.2. The summed E-state index contributed by atoms with van der Waals surface area (Å²) in [6.45, 7) is 0. The molecule has 2 rings (SSSR count). The second-order valence-corrected chi connectivity index (χ2v) is 3.09. The van der Waals surface area contributed by atoms with E-state index in [9.17, 15) is 4.79 Å². The Labute approximate surface area is 84.4 Å². The molecule has 1 atom stereocenters. The number of imidazole rings is 1. The van der Waals surface area contributed by atoms with Crippen molar-refractivity contribution in [2.45, 2.75) is 12.5 Å². The Hall–Kier alpha value is -2.02. The molecular formula is C8H9N5O2. The molecule has 0 spiro atoms. The summed E-state index contributed by atoms with van der Waals surface area (Å²) in [6.07, 6.45) is 3.10. The first kappa shape index (κ1) is 9.53. The largest absolute Gasteiger partial charge is 0.480 e. The van der Waals surface area contributed by atoms with Crippen LogP contribution in [0.5, 0.6) is 0 Å². The molecule has 15 heavy (non-hydrogen) atoms. The third kappa shape index (κ3) is 1.91. The molecule has 0 saturated carbocycles. The van der Waals surface area contributed by atoms with Gasteiger partial charge in [0.05, 0.1) is 6.20 Å². The molecule has 4 N–H and O–H groups in total. The van der Waals surface area contributed by atoms with Crippen molar-refractivity contribution >= 4 is 17.1 Å². The number of nitrogens with two attached hydrogens (primary N) is 1. The van der Waals surface area contributed by atoms with Gasteiger partial charge in [-0.3, -0.25) is 4.79 Å². The molecule has 0 amide bonds. The topological polar surface area (TPSA) is 118 Å². The van der Waals surface area contributed by atoms with Crippen molar-refractivity contribution in [3.8, 4) is 0 Å². The number of hydrogen-bond acceptors (Lipinski definition) is 5. The van der Waals surface area contributed by atoms with E-state index in [1.165, 1.54) is 6.33 Å². The van der Waals surface area contributed by atoms with Crippen molar-refractivity contribution in [1.29, 1.82) is 0 Å². The van der Waals surface area contributed by atoms with Crippen molar-refractivity contribution in [3.63, 3.8) is 0 Å². The molecule has 0 radical (unpaired) electrons. The van der Waals surface area contributed by atoms with Crippen molar-refractivity contribution in [2.75, 3.05) is 0 Å². The van der Waals surface area contributed by atoms with Crippen molar-refractivity contribution in [1.82, 2.24) is 19.9 Å². The van der Waals surface area contributed by atoms with E-state index in [-0.39, 0.29) is 6.42 Å². The molecule has 0 aromatic carbocycles. The molecule has 7 heteroatoms. The average molecular weight is 207 g/mol. The van der Waals surface area contributed by atoms with E-state index < -0.39 is 12.0 Å². The Morgan fingerprint density at radius 2 is 2.47 bits per heavy atom. The molecule has 0 fully saturated rings. The smallest absolute Gasteiger partial charge is 0.320 e. The number of rotatable bonds is 3. The molecule has 7 nitrogen and oxygen atoms in total. The van der Waals surface area contributed by atoms with Crippen LogP contribution in [0.1, 0.15) is 5.82 Å². The highest BCUT2D eigenvalue weighted by molar-refractivity contribution is 5.74. The zero-order valence-corrected chi connectivity index (χ0v) is 7.71. The molecule has 0 saturated heterocycles. The number of carboxylic acid groups (broad SMARTS) is 1. The Morgan fingerprint density at radius 3 is 3.13 bits per heavy atom. The van der Waals surface area contributed by atoms with E-state index in [4.69, 9.17) is 10.8 Å².